The van der Waals surface area contributed by atoms with Gasteiger partial charge in [-0.3, -0.25) is 9.69 Å². The van der Waals surface area contributed by atoms with E-state index >= 15 is 0 Å². The number of ether oxygens (including phenoxy) is 1. The van der Waals surface area contributed by atoms with E-state index in [9.17, 15) is 4.79 Å². The van der Waals surface area contributed by atoms with Crippen molar-refractivity contribution in [3.8, 4) is 0 Å². The fraction of sp³-hybridized carbons (Fsp3) is 0.458. The number of anilines is 2. The molecule has 1 fully saturated rings. The highest BCUT2D eigenvalue weighted by atomic mass is 79.9. The summed E-state index contributed by atoms with van der Waals surface area (Å²) >= 11 is 5.27. The van der Waals surface area contributed by atoms with Gasteiger partial charge in [0.15, 0.2) is 0 Å². The summed E-state index contributed by atoms with van der Waals surface area (Å²) in [7, 11) is 0. The molecule has 174 valence electrons. The highest BCUT2D eigenvalue weighted by Gasteiger charge is 2.25. The van der Waals surface area contributed by atoms with Crippen molar-refractivity contribution in [2.24, 2.45) is 5.92 Å². The molecule has 1 aliphatic carbocycles. The largest absolute Gasteiger partial charge is 0.379 e. The van der Waals surface area contributed by atoms with Crippen LogP contribution in [-0.4, -0.2) is 53.6 Å². The van der Waals surface area contributed by atoms with Gasteiger partial charge < -0.3 is 15.4 Å². The van der Waals surface area contributed by atoms with Gasteiger partial charge in [0.25, 0.3) is 0 Å². The van der Waals surface area contributed by atoms with E-state index < -0.39 is 0 Å². The van der Waals surface area contributed by atoms with E-state index in [-0.39, 0.29) is 12.5 Å². The van der Waals surface area contributed by atoms with Crippen LogP contribution < -0.4 is 10.6 Å². The van der Waals surface area contributed by atoms with E-state index in [4.69, 9.17) is 14.7 Å². The van der Waals surface area contributed by atoms with Gasteiger partial charge in [0.1, 0.15) is 16.5 Å². The topological polar surface area (TPSA) is 79.4 Å². The number of benzene rings is 1. The van der Waals surface area contributed by atoms with Crippen LogP contribution in [0.15, 0.2) is 28.7 Å². The molecule has 1 aliphatic heterocycles. The number of para-hydroxylation sites is 1. The van der Waals surface area contributed by atoms with Crippen LogP contribution in [-0.2, 0) is 28.9 Å². The Bertz CT molecular complexity index is 1160. The molecule has 1 saturated heterocycles. The third-order valence-corrected chi connectivity index (χ3v) is 8.07. The molecule has 1 unspecified atom stereocenters. The number of hydrogen-bond donors (Lipinski definition) is 2. The number of morpholine rings is 1. The van der Waals surface area contributed by atoms with Crippen molar-refractivity contribution in [2.45, 2.75) is 32.7 Å². The maximum atomic E-state index is 12.7. The van der Waals surface area contributed by atoms with Crippen molar-refractivity contribution >= 4 is 54.9 Å². The molecule has 2 N–H and O–H groups in total. The number of thiophene rings is 1. The maximum absolute atomic E-state index is 12.7. The predicted octanol–water partition coefficient (Wildman–Crippen LogP) is 4.46. The number of fused-ring (bicyclic) bond motifs is 3. The standard InChI is InChI=1S/C24H28BrN5O2S/c1-15-6-7-16-19(12-15)33-24-22(16)23(28-20(29-24)14-30-8-10-32-11-9-30)26-13-21(31)27-18-5-3-2-4-17(18)25/h2-5,15H,6-14H2,1H3,(H,27,31)(H,26,28,29). The summed E-state index contributed by atoms with van der Waals surface area (Å²) in [4.78, 5) is 27.3. The number of hydrogen-bond acceptors (Lipinski definition) is 7. The van der Waals surface area contributed by atoms with Crippen molar-refractivity contribution in [3.05, 3.63) is 45.0 Å². The monoisotopic (exact) mass is 529 g/mol. The number of halogens is 1. The quantitative estimate of drug-likeness (QED) is 0.490. The first kappa shape index (κ1) is 22.7. The molecule has 33 heavy (non-hydrogen) atoms. The molecule has 0 radical (unpaired) electrons. The first-order valence-corrected chi connectivity index (χ1v) is 13.1. The molecule has 7 nitrogen and oxygen atoms in total. The van der Waals surface area contributed by atoms with Crippen LogP contribution in [0.2, 0.25) is 0 Å². The van der Waals surface area contributed by atoms with Crippen molar-refractivity contribution in [1.82, 2.24) is 14.9 Å². The second-order valence-electron chi connectivity index (χ2n) is 8.79. The zero-order valence-corrected chi connectivity index (χ0v) is 21.1. The smallest absolute Gasteiger partial charge is 0.243 e. The van der Waals surface area contributed by atoms with E-state index in [0.29, 0.717) is 12.5 Å². The average Bonchev–Trinajstić information content (AvgIpc) is 3.17. The Hall–Kier alpha value is -2.07. The predicted molar refractivity (Wildman–Crippen MR) is 136 cm³/mol. The molecular formula is C24H28BrN5O2S. The summed E-state index contributed by atoms with van der Waals surface area (Å²) in [6, 6.07) is 7.61. The molecule has 0 saturated carbocycles. The molecule has 2 aliphatic rings. The van der Waals surface area contributed by atoms with Crippen LogP contribution in [0.5, 0.6) is 0 Å². The lowest BCUT2D eigenvalue weighted by Crippen LogP contribution is -2.36. The third kappa shape index (κ3) is 5.21. The normalized spacial score (nSPS) is 18.8. The van der Waals surface area contributed by atoms with Gasteiger partial charge >= 0.3 is 0 Å². The van der Waals surface area contributed by atoms with Crippen molar-refractivity contribution in [2.75, 3.05) is 43.5 Å². The van der Waals surface area contributed by atoms with Crippen molar-refractivity contribution in [1.29, 1.82) is 0 Å². The van der Waals surface area contributed by atoms with Gasteiger partial charge in [-0.1, -0.05) is 19.1 Å². The summed E-state index contributed by atoms with van der Waals surface area (Å²) in [6.45, 7) is 6.41. The zero-order valence-electron chi connectivity index (χ0n) is 18.7. The van der Waals surface area contributed by atoms with Gasteiger partial charge in [0.2, 0.25) is 5.91 Å². The first-order valence-electron chi connectivity index (χ1n) is 11.5. The highest BCUT2D eigenvalue weighted by molar-refractivity contribution is 9.10. The lowest BCUT2D eigenvalue weighted by Gasteiger charge is -2.26. The fourth-order valence-corrected chi connectivity index (χ4v) is 6.25. The van der Waals surface area contributed by atoms with E-state index in [0.717, 1.165) is 71.2 Å². The highest BCUT2D eigenvalue weighted by Crippen LogP contribution is 2.40. The molecule has 1 aromatic carbocycles. The van der Waals surface area contributed by atoms with Gasteiger partial charge in [0, 0.05) is 22.4 Å². The fourth-order valence-electron chi connectivity index (χ4n) is 4.47. The Morgan fingerprint density at radius 1 is 1.27 bits per heavy atom. The Kier molecular flexibility index (Phi) is 6.91. The molecular weight excluding hydrogens is 502 g/mol. The van der Waals surface area contributed by atoms with Crippen molar-refractivity contribution < 1.29 is 9.53 Å². The second-order valence-corrected chi connectivity index (χ2v) is 10.7. The Morgan fingerprint density at radius 3 is 2.91 bits per heavy atom. The molecule has 9 heteroatoms. The molecule has 0 bridgehead atoms. The number of rotatable bonds is 6. The van der Waals surface area contributed by atoms with Crippen LogP contribution in [0, 0.1) is 5.92 Å². The molecule has 5 rings (SSSR count). The van der Waals surface area contributed by atoms with E-state index in [1.165, 1.54) is 16.9 Å². The van der Waals surface area contributed by atoms with Gasteiger partial charge in [-0.2, -0.15) is 0 Å². The molecule has 1 atom stereocenters. The minimum Gasteiger partial charge on any atom is -0.379 e. The minimum atomic E-state index is -0.110. The average molecular weight is 530 g/mol. The van der Waals surface area contributed by atoms with Crippen LogP contribution in [0.4, 0.5) is 11.5 Å². The summed E-state index contributed by atoms with van der Waals surface area (Å²) in [5.41, 5.74) is 2.12. The third-order valence-electron chi connectivity index (χ3n) is 6.23. The SMILES string of the molecule is CC1CCc2c(sc3nc(CN4CCOCC4)nc(NCC(=O)Nc4ccccc4Br)c23)C1. The van der Waals surface area contributed by atoms with E-state index in [1.807, 2.05) is 24.3 Å². The summed E-state index contributed by atoms with van der Waals surface area (Å²) < 4.78 is 6.34. The van der Waals surface area contributed by atoms with Gasteiger partial charge in [0.05, 0.1) is 37.4 Å². The first-order chi connectivity index (χ1) is 16.1. The summed E-state index contributed by atoms with van der Waals surface area (Å²) in [5.74, 6) is 2.15. The van der Waals surface area contributed by atoms with E-state index in [1.54, 1.807) is 11.3 Å². The van der Waals surface area contributed by atoms with Crippen LogP contribution in [0.1, 0.15) is 29.6 Å². The lowest BCUT2D eigenvalue weighted by molar-refractivity contribution is -0.114. The minimum absolute atomic E-state index is 0.110. The lowest BCUT2D eigenvalue weighted by atomic mass is 9.89. The number of aryl methyl sites for hydroxylation is 1. The zero-order chi connectivity index (χ0) is 22.8. The van der Waals surface area contributed by atoms with Gasteiger partial charge in [-0.25, -0.2) is 9.97 Å². The molecule has 1 amide bonds. The number of amides is 1. The number of carbonyl (C=O) groups excluding carboxylic acids is 1. The van der Waals surface area contributed by atoms with E-state index in [2.05, 4.69) is 38.4 Å². The number of nitrogens with zero attached hydrogens (tertiary/aromatic N) is 3. The van der Waals surface area contributed by atoms with Gasteiger partial charge in [-0.05, 0) is 58.8 Å². The number of aromatic nitrogens is 2. The molecule has 3 aromatic rings. The molecule has 3 heterocycles. The molecule has 0 spiro atoms. The van der Waals surface area contributed by atoms with Crippen LogP contribution in [0.3, 0.4) is 0 Å². The Balaban J connectivity index is 1.40. The maximum Gasteiger partial charge on any atom is 0.243 e. The number of carbonyl (C=O) groups is 1. The Labute approximate surface area is 206 Å². The van der Waals surface area contributed by atoms with Gasteiger partial charge in [-0.15, -0.1) is 11.3 Å². The second kappa shape index (κ2) is 10.0. The summed E-state index contributed by atoms with van der Waals surface area (Å²) in [6.07, 6.45) is 3.31. The summed E-state index contributed by atoms with van der Waals surface area (Å²) in [5, 5.41) is 7.40. The van der Waals surface area contributed by atoms with Crippen LogP contribution in [0.25, 0.3) is 10.2 Å². The van der Waals surface area contributed by atoms with Crippen molar-refractivity contribution in [3.63, 3.8) is 0 Å². The molecule has 2 aromatic heterocycles. The number of nitrogens with one attached hydrogen (secondary N) is 2. The Morgan fingerprint density at radius 2 is 2.09 bits per heavy atom. The van der Waals surface area contributed by atoms with Crippen LogP contribution >= 0.6 is 27.3 Å².